The summed E-state index contributed by atoms with van der Waals surface area (Å²) in [6, 6.07) is 7.51. The Labute approximate surface area is 143 Å². The Balaban J connectivity index is 2.13. The molecule has 24 heavy (non-hydrogen) atoms. The summed E-state index contributed by atoms with van der Waals surface area (Å²) >= 11 is 0. The standard InChI is InChI=1S/C17H25N5O2/c1-12-10-16(18-8-9-22(2)3)21-17(19-12)20-13-6-7-14(23-4)15(11-13)24-5/h6-7,10-11H,8-9H2,1-5H3,(H2,18,19,20,21). The summed E-state index contributed by atoms with van der Waals surface area (Å²) in [5.74, 6) is 2.67. The zero-order valence-corrected chi connectivity index (χ0v) is 14.9. The predicted octanol–water partition coefficient (Wildman–Crippen LogP) is 2.52. The van der Waals surface area contributed by atoms with Gasteiger partial charge in [0.1, 0.15) is 5.82 Å². The quantitative estimate of drug-likeness (QED) is 0.770. The molecule has 0 saturated heterocycles. The number of methoxy groups -OCH3 is 2. The third kappa shape index (κ3) is 4.99. The maximum Gasteiger partial charge on any atom is 0.229 e. The van der Waals surface area contributed by atoms with Crippen LogP contribution >= 0.6 is 0 Å². The largest absolute Gasteiger partial charge is 0.493 e. The second-order valence-electron chi connectivity index (χ2n) is 5.64. The van der Waals surface area contributed by atoms with Crippen LogP contribution in [-0.4, -0.2) is 56.3 Å². The fourth-order valence-electron chi connectivity index (χ4n) is 2.17. The van der Waals surface area contributed by atoms with Gasteiger partial charge in [-0.25, -0.2) is 4.98 Å². The number of likely N-dealkylation sites (N-methyl/N-ethyl adjacent to an activating group) is 1. The van der Waals surface area contributed by atoms with E-state index < -0.39 is 0 Å². The molecular weight excluding hydrogens is 306 g/mol. The van der Waals surface area contributed by atoms with Crippen molar-refractivity contribution in [3.63, 3.8) is 0 Å². The number of nitrogens with zero attached hydrogens (tertiary/aromatic N) is 3. The first-order valence-corrected chi connectivity index (χ1v) is 7.75. The van der Waals surface area contributed by atoms with E-state index in [1.54, 1.807) is 14.2 Å². The Bertz CT molecular complexity index is 676. The molecule has 2 rings (SSSR count). The zero-order valence-electron chi connectivity index (χ0n) is 14.9. The molecule has 130 valence electrons. The maximum absolute atomic E-state index is 5.31. The molecule has 0 radical (unpaired) electrons. The molecule has 0 aliphatic carbocycles. The number of rotatable bonds is 8. The Morgan fingerprint density at radius 1 is 1.04 bits per heavy atom. The fourth-order valence-corrected chi connectivity index (χ4v) is 2.17. The van der Waals surface area contributed by atoms with E-state index in [1.807, 2.05) is 45.3 Å². The molecule has 2 aromatic rings. The predicted molar refractivity (Wildman–Crippen MR) is 96.6 cm³/mol. The van der Waals surface area contributed by atoms with Gasteiger partial charge in [-0.1, -0.05) is 0 Å². The van der Waals surface area contributed by atoms with E-state index in [0.717, 1.165) is 30.3 Å². The third-order valence-corrected chi connectivity index (χ3v) is 3.36. The number of hydrogen-bond acceptors (Lipinski definition) is 7. The molecule has 0 saturated carbocycles. The van der Waals surface area contributed by atoms with Crippen LogP contribution in [-0.2, 0) is 0 Å². The molecule has 0 atom stereocenters. The Hall–Kier alpha value is -2.54. The minimum absolute atomic E-state index is 0.537. The highest BCUT2D eigenvalue weighted by molar-refractivity contribution is 5.60. The highest BCUT2D eigenvalue weighted by atomic mass is 16.5. The molecule has 0 amide bonds. The van der Waals surface area contributed by atoms with E-state index in [1.165, 1.54) is 0 Å². The third-order valence-electron chi connectivity index (χ3n) is 3.36. The van der Waals surface area contributed by atoms with Crippen LogP contribution in [0.25, 0.3) is 0 Å². The van der Waals surface area contributed by atoms with Crippen LogP contribution < -0.4 is 20.1 Å². The van der Waals surface area contributed by atoms with Crippen LogP contribution in [0.1, 0.15) is 5.69 Å². The zero-order chi connectivity index (χ0) is 17.5. The summed E-state index contributed by atoms with van der Waals surface area (Å²) in [4.78, 5) is 11.0. The van der Waals surface area contributed by atoms with Gasteiger partial charge >= 0.3 is 0 Å². The number of benzene rings is 1. The van der Waals surface area contributed by atoms with Gasteiger partial charge in [0.15, 0.2) is 11.5 Å². The molecular formula is C17H25N5O2. The van der Waals surface area contributed by atoms with Gasteiger partial charge in [-0.2, -0.15) is 4.98 Å². The lowest BCUT2D eigenvalue weighted by Crippen LogP contribution is -2.21. The van der Waals surface area contributed by atoms with Gasteiger partial charge in [0, 0.05) is 36.6 Å². The number of anilines is 3. The van der Waals surface area contributed by atoms with Crippen LogP contribution in [0.2, 0.25) is 0 Å². The van der Waals surface area contributed by atoms with Gasteiger partial charge in [-0.05, 0) is 33.2 Å². The summed E-state index contributed by atoms with van der Waals surface area (Å²) in [5, 5.41) is 6.51. The van der Waals surface area contributed by atoms with E-state index in [4.69, 9.17) is 9.47 Å². The average molecular weight is 331 g/mol. The molecule has 1 heterocycles. The van der Waals surface area contributed by atoms with E-state index in [9.17, 15) is 0 Å². The van der Waals surface area contributed by atoms with E-state index in [2.05, 4.69) is 25.5 Å². The summed E-state index contributed by atoms with van der Waals surface area (Å²) in [6.45, 7) is 3.69. The van der Waals surface area contributed by atoms with Crippen molar-refractivity contribution >= 4 is 17.5 Å². The van der Waals surface area contributed by atoms with E-state index in [0.29, 0.717) is 17.4 Å². The number of nitrogens with one attached hydrogen (secondary N) is 2. The van der Waals surface area contributed by atoms with Crippen molar-refractivity contribution in [1.29, 1.82) is 0 Å². The van der Waals surface area contributed by atoms with Crippen LogP contribution in [0.15, 0.2) is 24.3 Å². The summed E-state index contributed by atoms with van der Waals surface area (Å²) in [5.41, 5.74) is 1.72. The monoisotopic (exact) mass is 331 g/mol. The molecule has 0 unspecified atom stereocenters. The van der Waals surface area contributed by atoms with Crippen LogP contribution in [0, 0.1) is 6.92 Å². The lowest BCUT2D eigenvalue weighted by Gasteiger charge is -2.13. The fraction of sp³-hybridized carbons (Fsp3) is 0.412. The molecule has 1 aromatic heterocycles. The van der Waals surface area contributed by atoms with Crippen molar-refractivity contribution in [1.82, 2.24) is 14.9 Å². The summed E-state index contributed by atoms with van der Waals surface area (Å²) in [7, 11) is 7.30. The lowest BCUT2D eigenvalue weighted by molar-refractivity contribution is 0.355. The lowest BCUT2D eigenvalue weighted by atomic mass is 10.3. The van der Waals surface area contributed by atoms with Crippen molar-refractivity contribution < 1.29 is 9.47 Å². The van der Waals surface area contributed by atoms with Gasteiger partial charge in [-0.15, -0.1) is 0 Å². The van der Waals surface area contributed by atoms with Crippen LogP contribution in [0.3, 0.4) is 0 Å². The summed E-state index contributed by atoms with van der Waals surface area (Å²) in [6.07, 6.45) is 0. The van der Waals surface area contributed by atoms with Crippen LogP contribution in [0.5, 0.6) is 11.5 Å². The van der Waals surface area contributed by atoms with E-state index >= 15 is 0 Å². The SMILES string of the molecule is COc1ccc(Nc2nc(C)cc(NCCN(C)C)n2)cc1OC. The molecule has 7 nitrogen and oxygen atoms in total. The first-order chi connectivity index (χ1) is 11.5. The molecule has 0 aliphatic rings. The highest BCUT2D eigenvalue weighted by Crippen LogP contribution is 2.30. The number of ether oxygens (including phenoxy) is 2. The number of aromatic nitrogens is 2. The number of aryl methyl sites for hydroxylation is 1. The van der Waals surface area contributed by atoms with Gasteiger partial charge in [0.25, 0.3) is 0 Å². The molecule has 2 N–H and O–H groups in total. The minimum atomic E-state index is 0.537. The van der Waals surface area contributed by atoms with Crippen LogP contribution in [0.4, 0.5) is 17.5 Å². The summed E-state index contributed by atoms with van der Waals surface area (Å²) < 4.78 is 10.6. The molecule has 0 bridgehead atoms. The molecule has 0 spiro atoms. The number of hydrogen-bond donors (Lipinski definition) is 2. The second kappa shape index (κ2) is 8.35. The van der Waals surface area contributed by atoms with Gasteiger partial charge in [0.2, 0.25) is 5.95 Å². The first kappa shape index (κ1) is 17.8. The smallest absolute Gasteiger partial charge is 0.229 e. The Morgan fingerprint density at radius 3 is 2.46 bits per heavy atom. The topological polar surface area (TPSA) is 71.5 Å². The second-order valence-corrected chi connectivity index (χ2v) is 5.64. The van der Waals surface area contributed by atoms with Crippen molar-refractivity contribution in [2.24, 2.45) is 0 Å². The molecule has 0 aliphatic heterocycles. The van der Waals surface area contributed by atoms with Gasteiger partial charge in [-0.3, -0.25) is 0 Å². The van der Waals surface area contributed by atoms with Crippen molar-refractivity contribution in [2.45, 2.75) is 6.92 Å². The van der Waals surface area contributed by atoms with E-state index in [-0.39, 0.29) is 0 Å². The average Bonchev–Trinajstić information content (AvgIpc) is 2.53. The highest BCUT2D eigenvalue weighted by Gasteiger charge is 2.07. The molecule has 7 heteroatoms. The van der Waals surface area contributed by atoms with Crippen molar-refractivity contribution in [3.8, 4) is 11.5 Å². The Morgan fingerprint density at radius 2 is 1.79 bits per heavy atom. The molecule has 1 aromatic carbocycles. The van der Waals surface area contributed by atoms with Crippen molar-refractivity contribution in [3.05, 3.63) is 30.0 Å². The Kier molecular flexibility index (Phi) is 6.20. The minimum Gasteiger partial charge on any atom is -0.493 e. The van der Waals surface area contributed by atoms with Gasteiger partial charge < -0.3 is 25.0 Å². The first-order valence-electron chi connectivity index (χ1n) is 7.75. The molecule has 0 fully saturated rings. The van der Waals surface area contributed by atoms with Gasteiger partial charge in [0.05, 0.1) is 14.2 Å². The maximum atomic E-state index is 5.31. The normalized spacial score (nSPS) is 10.6. The van der Waals surface area contributed by atoms with Crippen molar-refractivity contribution in [2.75, 3.05) is 52.0 Å².